The summed E-state index contributed by atoms with van der Waals surface area (Å²) in [5.74, 6) is 2.28. The van der Waals surface area contributed by atoms with Crippen molar-refractivity contribution in [2.75, 3.05) is 5.73 Å². The molecule has 1 aliphatic carbocycles. The van der Waals surface area contributed by atoms with Crippen molar-refractivity contribution in [3.05, 3.63) is 12.3 Å². The molecular weight excluding hydrogens is 174 g/mol. The van der Waals surface area contributed by atoms with Crippen molar-refractivity contribution in [3.8, 4) is 0 Å². The Morgan fingerprint density at radius 1 is 1.43 bits per heavy atom. The van der Waals surface area contributed by atoms with Crippen LogP contribution < -0.4 is 5.73 Å². The molecule has 0 spiro atoms. The summed E-state index contributed by atoms with van der Waals surface area (Å²) in [6.07, 6.45) is 5.66. The summed E-state index contributed by atoms with van der Waals surface area (Å²) < 4.78 is 2.00. The van der Waals surface area contributed by atoms with E-state index in [1.165, 1.54) is 19.3 Å². The topological polar surface area (TPSA) is 43.8 Å². The number of hydrogen-bond donors (Lipinski definition) is 1. The fourth-order valence-corrected chi connectivity index (χ4v) is 2.50. The Hall–Kier alpha value is -0.990. The van der Waals surface area contributed by atoms with E-state index in [0.29, 0.717) is 12.0 Å². The van der Waals surface area contributed by atoms with E-state index in [0.717, 1.165) is 11.7 Å². The zero-order chi connectivity index (χ0) is 10.1. The summed E-state index contributed by atoms with van der Waals surface area (Å²) in [5.41, 5.74) is 5.88. The highest BCUT2D eigenvalue weighted by Gasteiger charge is 2.29. The predicted molar refractivity (Wildman–Crippen MR) is 57.9 cm³/mol. The van der Waals surface area contributed by atoms with Gasteiger partial charge in [0, 0.05) is 0 Å². The van der Waals surface area contributed by atoms with Crippen LogP contribution in [0.25, 0.3) is 0 Å². The lowest BCUT2D eigenvalue weighted by atomic mass is 9.78. The van der Waals surface area contributed by atoms with Crippen LogP contribution in [0.3, 0.4) is 0 Å². The van der Waals surface area contributed by atoms with Gasteiger partial charge < -0.3 is 5.73 Å². The number of nitrogens with zero attached hydrogens (tertiary/aromatic N) is 2. The van der Waals surface area contributed by atoms with Crippen LogP contribution in [-0.2, 0) is 0 Å². The normalized spacial score (nSPS) is 33.1. The molecule has 3 unspecified atom stereocenters. The van der Waals surface area contributed by atoms with E-state index in [2.05, 4.69) is 18.9 Å². The molecule has 78 valence electrons. The first-order valence-corrected chi connectivity index (χ1v) is 5.49. The fourth-order valence-electron chi connectivity index (χ4n) is 2.50. The molecule has 1 heterocycles. The molecule has 0 bridgehead atoms. The highest BCUT2D eigenvalue weighted by atomic mass is 15.3. The lowest BCUT2D eigenvalue weighted by Gasteiger charge is -2.34. The molecule has 0 aliphatic heterocycles. The van der Waals surface area contributed by atoms with Gasteiger partial charge in [0.2, 0.25) is 0 Å². The molecule has 3 nitrogen and oxygen atoms in total. The molecule has 2 N–H and O–H groups in total. The first-order valence-electron chi connectivity index (χ1n) is 5.49. The zero-order valence-corrected chi connectivity index (χ0v) is 8.98. The van der Waals surface area contributed by atoms with Crippen LogP contribution in [0.15, 0.2) is 12.3 Å². The van der Waals surface area contributed by atoms with Crippen molar-refractivity contribution >= 4 is 5.82 Å². The minimum absolute atomic E-state index is 0.508. The van der Waals surface area contributed by atoms with Gasteiger partial charge in [-0.1, -0.05) is 26.7 Å². The van der Waals surface area contributed by atoms with E-state index >= 15 is 0 Å². The molecular formula is C11H19N3. The Kier molecular flexibility index (Phi) is 2.48. The molecule has 1 aromatic heterocycles. The number of nitrogen functional groups attached to an aromatic ring is 1. The average molecular weight is 193 g/mol. The summed E-state index contributed by atoms with van der Waals surface area (Å²) in [6, 6.07) is 2.39. The van der Waals surface area contributed by atoms with Gasteiger partial charge in [-0.05, 0) is 24.3 Å². The lowest BCUT2D eigenvalue weighted by molar-refractivity contribution is 0.176. The molecule has 1 saturated carbocycles. The number of anilines is 1. The number of hydrogen-bond acceptors (Lipinski definition) is 2. The van der Waals surface area contributed by atoms with Crippen LogP contribution in [0.4, 0.5) is 5.82 Å². The molecule has 0 amide bonds. The summed E-state index contributed by atoms with van der Waals surface area (Å²) in [5, 5.41) is 4.32. The maximum absolute atomic E-state index is 5.88. The molecule has 0 radical (unpaired) electrons. The Balaban J connectivity index is 2.21. The molecule has 0 aromatic carbocycles. The third kappa shape index (κ3) is 1.51. The third-order valence-corrected chi connectivity index (χ3v) is 3.68. The monoisotopic (exact) mass is 193 g/mol. The van der Waals surface area contributed by atoms with Crippen LogP contribution in [0.2, 0.25) is 0 Å². The van der Waals surface area contributed by atoms with E-state index < -0.39 is 0 Å². The van der Waals surface area contributed by atoms with Gasteiger partial charge in [0.1, 0.15) is 5.82 Å². The predicted octanol–water partition coefficient (Wildman–Crippen LogP) is 2.46. The molecule has 3 heteroatoms. The minimum atomic E-state index is 0.508. The largest absolute Gasteiger partial charge is 0.384 e. The molecule has 1 aliphatic rings. The number of rotatable bonds is 1. The van der Waals surface area contributed by atoms with Crippen molar-refractivity contribution in [3.63, 3.8) is 0 Å². The lowest BCUT2D eigenvalue weighted by Crippen LogP contribution is -2.28. The second-order valence-corrected chi connectivity index (χ2v) is 4.54. The van der Waals surface area contributed by atoms with Crippen LogP contribution in [0, 0.1) is 11.8 Å². The zero-order valence-electron chi connectivity index (χ0n) is 8.98. The second kappa shape index (κ2) is 3.64. The van der Waals surface area contributed by atoms with E-state index in [-0.39, 0.29) is 0 Å². The van der Waals surface area contributed by atoms with E-state index in [9.17, 15) is 0 Å². The molecule has 2 rings (SSSR count). The highest BCUT2D eigenvalue weighted by Crippen LogP contribution is 2.37. The van der Waals surface area contributed by atoms with Gasteiger partial charge in [0.05, 0.1) is 12.2 Å². The van der Waals surface area contributed by atoms with Gasteiger partial charge in [0.15, 0.2) is 0 Å². The Labute approximate surface area is 85.3 Å². The van der Waals surface area contributed by atoms with Crippen LogP contribution >= 0.6 is 0 Å². The van der Waals surface area contributed by atoms with Gasteiger partial charge >= 0.3 is 0 Å². The minimum Gasteiger partial charge on any atom is -0.384 e. The summed E-state index contributed by atoms with van der Waals surface area (Å²) in [7, 11) is 0. The second-order valence-electron chi connectivity index (χ2n) is 4.54. The maximum Gasteiger partial charge on any atom is 0.121 e. The number of nitrogens with two attached hydrogens (primary N) is 1. The first kappa shape index (κ1) is 9.56. The van der Waals surface area contributed by atoms with Crippen molar-refractivity contribution in [1.29, 1.82) is 0 Å². The quantitative estimate of drug-likeness (QED) is 0.744. The standard InChI is InChI=1S/C11H19N3/c1-8-4-3-5-10(9(8)2)14-11(12)6-7-13-14/h6-10H,3-5,12H2,1-2H3. The van der Waals surface area contributed by atoms with Gasteiger partial charge in [-0.25, -0.2) is 4.68 Å². The van der Waals surface area contributed by atoms with E-state index in [1.807, 2.05) is 10.7 Å². The van der Waals surface area contributed by atoms with Crippen LogP contribution in [-0.4, -0.2) is 9.78 Å². The van der Waals surface area contributed by atoms with Crippen molar-refractivity contribution < 1.29 is 0 Å². The number of aromatic nitrogens is 2. The van der Waals surface area contributed by atoms with E-state index in [1.54, 1.807) is 6.20 Å². The van der Waals surface area contributed by atoms with Crippen molar-refractivity contribution in [1.82, 2.24) is 9.78 Å². The summed E-state index contributed by atoms with van der Waals surface area (Å²) >= 11 is 0. The van der Waals surface area contributed by atoms with Crippen molar-refractivity contribution in [2.24, 2.45) is 11.8 Å². The Bertz CT molecular complexity index is 305. The molecule has 1 fully saturated rings. The maximum atomic E-state index is 5.88. The Morgan fingerprint density at radius 2 is 2.21 bits per heavy atom. The SMILES string of the molecule is CC1CCCC(n2nccc2N)C1C. The third-order valence-electron chi connectivity index (χ3n) is 3.68. The van der Waals surface area contributed by atoms with Crippen molar-refractivity contribution in [2.45, 2.75) is 39.2 Å². The molecule has 3 atom stereocenters. The highest BCUT2D eigenvalue weighted by molar-refractivity contribution is 5.26. The van der Waals surface area contributed by atoms with E-state index in [4.69, 9.17) is 5.73 Å². The van der Waals surface area contributed by atoms with Gasteiger partial charge in [-0.3, -0.25) is 0 Å². The van der Waals surface area contributed by atoms with Crippen LogP contribution in [0.1, 0.15) is 39.2 Å². The first-order chi connectivity index (χ1) is 6.70. The van der Waals surface area contributed by atoms with Gasteiger partial charge in [-0.15, -0.1) is 0 Å². The van der Waals surface area contributed by atoms with Crippen LogP contribution in [0.5, 0.6) is 0 Å². The molecule has 14 heavy (non-hydrogen) atoms. The molecule has 1 aromatic rings. The summed E-state index contributed by atoms with van der Waals surface area (Å²) in [6.45, 7) is 4.64. The Morgan fingerprint density at radius 3 is 2.86 bits per heavy atom. The average Bonchev–Trinajstić information content (AvgIpc) is 2.57. The van der Waals surface area contributed by atoms with Gasteiger partial charge in [0.25, 0.3) is 0 Å². The van der Waals surface area contributed by atoms with Gasteiger partial charge in [-0.2, -0.15) is 5.10 Å². The fraction of sp³-hybridized carbons (Fsp3) is 0.727. The molecule has 0 saturated heterocycles. The summed E-state index contributed by atoms with van der Waals surface area (Å²) in [4.78, 5) is 0. The smallest absolute Gasteiger partial charge is 0.121 e.